The highest BCUT2D eigenvalue weighted by atomic mass is 35.5. The predicted molar refractivity (Wildman–Crippen MR) is 127 cm³/mol. The van der Waals surface area contributed by atoms with Crippen LogP contribution < -0.4 is 0 Å². The van der Waals surface area contributed by atoms with Gasteiger partial charge in [-0.25, -0.2) is 0 Å². The van der Waals surface area contributed by atoms with Crippen LogP contribution in [0.1, 0.15) is 29.9 Å². The third kappa shape index (κ3) is 3.90. The van der Waals surface area contributed by atoms with Gasteiger partial charge >= 0.3 is 0 Å². The van der Waals surface area contributed by atoms with Crippen LogP contribution in [-0.4, -0.2) is 29.5 Å². The van der Waals surface area contributed by atoms with Crippen LogP contribution in [0.25, 0.3) is 22.2 Å². The fourth-order valence-electron chi connectivity index (χ4n) is 4.85. The summed E-state index contributed by atoms with van der Waals surface area (Å²) in [5.74, 6) is 0.591. The lowest BCUT2D eigenvalue weighted by molar-refractivity contribution is 0.215. The van der Waals surface area contributed by atoms with E-state index in [0.29, 0.717) is 5.92 Å². The van der Waals surface area contributed by atoms with Gasteiger partial charge in [-0.2, -0.15) is 0 Å². The van der Waals surface area contributed by atoms with Gasteiger partial charge in [0.05, 0.1) is 0 Å². The van der Waals surface area contributed by atoms with Gasteiger partial charge in [0.1, 0.15) is 0 Å². The summed E-state index contributed by atoms with van der Waals surface area (Å²) in [5, 5.41) is 2.27. The molecule has 3 aromatic carbocycles. The number of para-hydroxylation sites is 1. The molecule has 30 heavy (non-hydrogen) atoms. The fourth-order valence-corrected chi connectivity index (χ4v) is 5.08. The van der Waals surface area contributed by atoms with Gasteiger partial charge in [-0.3, -0.25) is 0 Å². The molecule has 3 heteroatoms. The molecule has 0 saturated carbocycles. The molecule has 1 N–H and O–H groups in total. The van der Waals surface area contributed by atoms with Crippen LogP contribution in [0.15, 0.2) is 78.9 Å². The molecule has 4 aromatic rings. The van der Waals surface area contributed by atoms with Crippen molar-refractivity contribution in [3.8, 4) is 11.3 Å². The lowest BCUT2D eigenvalue weighted by Crippen LogP contribution is -2.34. The Morgan fingerprint density at radius 1 is 0.833 bits per heavy atom. The number of piperidine rings is 1. The lowest BCUT2D eigenvalue weighted by Gasteiger charge is -2.32. The summed E-state index contributed by atoms with van der Waals surface area (Å²) in [4.78, 5) is 6.31. The maximum atomic E-state index is 6.34. The molecule has 0 spiro atoms. The average molecular weight is 415 g/mol. The first-order valence-corrected chi connectivity index (χ1v) is 11.3. The minimum atomic E-state index is 0.591. The molecule has 2 heterocycles. The number of hydrogen-bond donors (Lipinski definition) is 1. The minimum Gasteiger partial charge on any atom is -0.354 e. The summed E-state index contributed by atoms with van der Waals surface area (Å²) in [6, 6.07) is 27.7. The quantitative estimate of drug-likeness (QED) is 0.376. The molecule has 0 atom stereocenters. The topological polar surface area (TPSA) is 19.0 Å². The second kappa shape index (κ2) is 8.67. The van der Waals surface area contributed by atoms with Crippen molar-refractivity contribution in [2.24, 2.45) is 0 Å². The van der Waals surface area contributed by atoms with Gasteiger partial charge in [0.15, 0.2) is 0 Å². The van der Waals surface area contributed by atoms with Crippen molar-refractivity contribution in [1.29, 1.82) is 0 Å². The third-order valence-corrected chi connectivity index (χ3v) is 6.83. The normalized spacial score (nSPS) is 15.6. The Bertz CT molecular complexity index is 1120. The Morgan fingerprint density at radius 3 is 2.33 bits per heavy atom. The van der Waals surface area contributed by atoms with Crippen molar-refractivity contribution < 1.29 is 0 Å². The first-order valence-electron chi connectivity index (χ1n) is 10.9. The van der Waals surface area contributed by atoms with E-state index in [0.717, 1.165) is 31.1 Å². The van der Waals surface area contributed by atoms with E-state index in [4.69, 9.17) is 11.6 Å². The summed E-state index contributed by atoms with van der Waals surface area (Å²) < 4.78 is 0. The molecule has 1 aromatic heterocycles. The average Bonchev–Trinajstić information content (AvgIpc) is 3.19. The smallest absolute Gasteiger partial charge is 0.0500 e. The SMILES string of the molecule is Clc1ccccc1CCN1CCC(c2c(-c3ccccc3)[nH]c3ccccc23)CC1. The minimum absolute atomic E-state index is 0.591. The van der Waals surface area contributed by atoms with Crippen LogP contribution in [0.2, 0.25) is 5.02 Å². The van der Waals surface area contributed by atoms with Crippen molar-refractivity contribution >= 4 is 22.5 Å². The molecule has 5 rings (SSSR count). The number of H-pyrrole nitrogens is 1. The standard InChI is InChI=1S/C27H27ClN2/c28-24-12-6-4-8-20(24)14-17-30-18-15-21(16-19-30)26-23-11-5-7-13-25(23)29-27(26)22-9-2-1-3-10-22/h1-13,21,29H,14-19H2. The molecule has 0 amide bonds. The third-order valence-electron chi connectivity index (χ3n) is 6.46. The fraction of sp³-hybridized carbons (Fsp3) is 0.259. The van der Waals surface area contributed by atoms with Crippen LogP contribution in [0, 0.1) is 0 Å². The molecule has 0 unspecified atom stereocenters. The van der Waals surface area contributed by atoms with E-state index in [1.165, 1.54) is 46.1 Å². The molecule has 1 aliphatic heterocycles. The number of fused-ring (bicyclic) bond motifs is 1. The van der Waals surface area contributed by atoms with Crippen LogP contribution in [0.3, 0.4) is 0 Å². The van der Waals surface area contributed by atoms with E-state index in [-0.39, 0.29) is 0 Å². The molecular formula is C27H27ClN2. The summed E-state index contributed by atoms with van der Waals surface area (Å²) >= 11 is 6.34. The summed E-state index contributed by atoms with van der Waals surface area (Å²) in [6.07, 6.45) is 3.42. The molecule has 2 nitrogen and oxygen atoms in total. The van der Waals surface area contributed by atoms with Gasteiger partial charge < -0.3 is 9.88 Å². The zero-order valence-electron chi connectivity index (χ0n) is 17.2. The number of rotatable bonds is 5. The Hall–Kier alpha value is -2.55. The monoisotopic (exact) mass is 414 g/mol. The van der Waals surface area contributed by atoms with E-state index in [2.05, 4.69) is 76.6 Å². The van der Waals surface area contributed by atoms with Crippen LogP contribution >= 0.6 is 11.6 Å². The molecule has 0 radical (unpaired) electrons. The second-order valence-corrected chi connectivity index (χ2v) is 8.69. The van der Waals surface area contributed by atoms with Gasteiger partial charge in [-0.05, 0) is 67.1 Å². The van der Waals surface area contributed by atoms with E-state index in [9.17, 15) is 0 Å². The highest BCUT2D eigenvalue weighted by Gasteiger charge is 2.26. The first-order chi connectivity index (χ1) is 14.8. The van der Waals surface area contributed by atoms with Gasteiger partial charge in [0.2, 0.25) is 0 Å². The number of nitrogens with one attached hydrogen (secondary N) is 1. The number of halogens is 1. The van der Waals surface area contributed by atoms with Crippen molar-refractivity contribution in [2.45, 2.75) is 25.2 Å². The molecule has 0 bridgehead atoms. The van der Waals surface area contributed by atoms with Crippen molar-refractivity contribution in [2.75, 3.05) is 19.6 Å². The summed E-state index contributed by atoms with van der Waals surface area (Å²) in [5.41, 5.74) is 6.58. The van der Waals surface area contributed by atoms with E-state index >= 15 is 0 Å². The first kappa shape index (κ1) is 19.4. The van der Waals surface area contributed by atoms with E-state index in [1.54, 1.807) is 0 Å². The van der Waals surface area contributed by atoms with Gasteiger partial charge in [-0.15, -0.1) is 0 Å². The lowest BCUT2D eigenvalue weighted by atomic mass is 9.86. The van der Waals surface area contributed by atoms with Gasteiger partial charge in [0, 0.05) is 28.2 Å². The van der Waals surface area contributed by atoms with Crippen molar-refractivity contribution in [3.63, 3.8) is 0 Å². The number of benzene rings is 3. The second-order valence-electron chi connectivity index (χ2n) is 8.28. The van der Waals surface area contributed by atoms with Crippen LogP contribution in [0.5, 0.6) is 0 Å². The summed E-state index contributed by atoms with van der Waals surface area (Å²) in [7, 11) is 0. The Labute approximate surface area is 183 Å². The van der Waals surface area contributed by atoms with Gasteiger partial charge in [0.25, 0.3) is 0 Å². The highest BCUT2D eigenvalue weighted by Crippen LogP contribution is 2.40. The van der Waals surface area contributed by atoms with Crippen molar-refractivity contribution in [3.05, 3.63) is 95.0 Å². The number of aromatic amines is 1. The van der Waals surface area contributed by atoms with E-state index in [1.807, 2.05) is 12.1 Å². The van der Waals surface area contributed by atoms with Crippen molar-refractivity contribution in [1.82, 2.24) is 9.88 Å². The van der Waals surface area contributed by atoms with Crippen LogP contribution in [0.4, 0.5) is 0 Å². The molecular weight excluding hydrogens is 388 g/mol. The number of hydrogen-bond acceptors (Lipinski definition) is 1. The zero-order chi connectivity index (χ0) is 20.3. The van der Waals surface area contributed by atoms with Crippen LogP contribution in [-0.2, 0) is 6.42 Å². The number of likely N-dealkylation sites (tertiary alicyclic amines) is 1. The molecule has 1 aliphatic rings. The van der Waals surface area contributed by atoms with E-state index < -0.39 is 0 Å². The predicted octanol–water partition coefficient (Wildman–Crippen LogP) is 6.91. The molecule has 1 fully saturated rings. The molecule has 152 valence electrons. The molecule has 1 saturated heterocycles. The maximum Gasteiger partial charge on any atom is 0.0500 e. The number of aromatic nitrogens is 1. The maximum absolute atomic E-state index is 6.34. The highest BCUT2D eigenvalue weighted by molar-refractivity contribution is 6.31. The van der Waals surface area contributed by atoms with Gasteiger partial charge in [-0.1, -0.05) is 78.3 Å². The Balaban J connectivity index is 1.34. The Morgan fingerprint density at radius 2 is 1.53 bits per heavy atom. The zero-order valence-corrected chi connectivity index (χ0v) is 17.9. The summed E-state index contributed by atoms with van der Waals surface area (Å²) in [6.45, 7) is 3.36. The number of nitrogens with zero attached hydrogens (tertiary/aromatic N) is 1. The largest absolute Gasteiger partial charge is 0.354 e. The Kier molecular flexibility index (Phi) is 5.61. The molecule has 0 aliphatic carbocycles.